The summed E-state index contributed by atoms with van der Waals surface area (Å²) in [6.45, 7) is 0. The number of hydrogen-bond acceptors (Lipinski definition) is 6. The van der Waals surface area contributed by atoms with Crippen LogP contribution >= 0.6 is 0 Å². The van der Waals surface area contributed by atoms with Gasteiger partial charge in [-0.3, -0.25) is 5.32 Å². The summed E-state index contributed by atoms with van der Waals surface area (Å²) in [5.74, 6) is 1.21. The van der Waals surface area contributed by atoms with E-state index in [2.05, 4.69) is 26.1 Å². The van der Waals surface area contributed by atoms with E-state index in [1.165, 1.54) is 6.42 Å². The molecule has 132 valence electrons. The summed E-state index contributed by atoms with van der Waals surface area (Å²) in [5, 5.41) is 16.6. The molecule has 2 aliphatic rings. The maximum Gasteiger partial charge on any atom is 0.320 e. The second-order valence-corrected chi connectivity index (χ2v) is 8.71. The van der Waals surface area contributed by atoms with E-state index in [0.717, 1.165) is 25.7 Å². The number of carbonyl (C=O) groups excluding carboxylic acids is 1. The van der Waals surface area contributed by atoms with Crippen LogP contribution < -0.4 is 16.0 Å². The van der Waals surface area contributed by atoms with Gasteiger partial charge >= 0.3 is 6.03 Å². The van der Waals surface area contributed by atoms with Crippen molar-refractivity contribution in [3.8, 4) is 0 Å². The summed E-state index contributed by atoms with van der Waals surface area (Å²) in [6, 6.07) is 3.18. The Labute approximate surface area is 141 Å². The number of carbonyl (C=O) groups is 1. The molecule has 0 spiro atoms. The highest BCUT2D eigenvalue weighted by molar-refractivity contribution is 7.91. The minimum atomic E-state index is -2.93. The van der Waals surface area contributed by atoms with Crippen molar-refractivity contribution >= 4 is 27.5 Å². The van der Waals surface area contributed by atoms with Crippen LogP contribution in [0.4, 0.5) is 16.4 Å². The lowest BCUT2D eigenvalue weighted by Crippen LogP contribution is -2.39. The maximum atomic E-state index is 11.9. The van der Waals surface area contributed by atoms with Gasteiger partial charge in [0.2, 0.25) is 0 Å². The van der Waals surface area contributed by atoms with Crippen LogP contribution in [0.25, 0.3) is 0 Å². The lowest BCUT2D eigenvalue weighted by atomic mass is 9.96. The third kappa shape index (κ3) is 4.80. The predicted molar refractivity (Wildman–Crippen MR) is 91.7 cm³/mol. The highest BCUT2D eigenvalue weighted by Gasteiger charge is 2.27. The first kappa shape index (κ1) is 16.9. The van der Waals surface area contributed by atoms with Gasteiger partial charge in [-0.05, 0) is 31.4 Å². The molecule has 8 nitrogen and oxygen atoms in total. The van der Waals surface area contributed by atoms with Gasteiger partial charge in [-0.15, -0.1) is 10.2 Å². The SMILES string of the molecule is O=C(Nc1ccc(NC2CCS(=O)(=O)C2)nn1)NC1CCCCC1. The van der Waals surface area contributed by atoms with Gasteiger partial charge in [0.15, 0.2) is 15.7 Å². The minimum absolute atomic E-state index is 0.123. The van der Waals surface area contributed by atoms with Crippen molar-refractivity contribution in [1.82, 2.24) is 15.5 Å². The first-order valence-corrected chi connectivity index (χ1v) is 10.2. The Morgan fingerprint density at radius 2 is 1.71 bits per heavy atom. The van der Waals surface area contributed by atoms with Crippen LogP contribution in [0.15, 0.2) is 12.1 Å². The normalized spacial score (nSPS) is 23.6. The van der Waals surface area contributed by atoms with Crippen LogP contribution in [-0.2, 0) is 9.84 Å². The summed E-state index contributed by atoms with van der Waals surface area (Å²) in [4.78, 5) is 11.9. The first-order chi connectivity index (χ1) is 11.5. The fourth-order valence-electron chi connectivity index (χ4n) is 3.18. The molecular weight excluding hydrogens is 330 g/mol. The number of nitrogens with zero attached hydrogens (tertiary/aromatic N) is 2. The van der Waals surface area contributed by atoms with E-state index in [1.807, 2.05) is 0 Å². The first-order valence-electron chi connectivity index (χ1n) is 8.38. The summed E-state index contributed by atoms with van der Waals surface area (Å²) in [7, 11) is -2.93. The lowest BCUT2D eigenvalue weighted by molar-refractivity contribution is 0.244. The quantitative estimate of drug-likeness (QED) is 0.756. The fourth-order valence-corrected chi connectivity index (χ4v) is 4.85. The Morgan fingerprint density at radius 1 is 1.00 bits per heavy atom. The molecule has 1 aromatic rings. The Bertz CT molecular complexity index is 671. The second kappa shape index (κ2) is 7.33. The van der Waals surface area contributed by atoms with Crippen LogP contribution in [0.5, 0.6) is 0 Å². The van der Waals surface area contributed by atoms with Crippen molar-refractivity contribution < 1.29 is 13.2 Å². The summed E-state index contributed by atoms with van der Waals surface area (Å²) in [6.07, 6.45) is 6.17. The Balaban J connectivity index is 1.48. The molecule has 0 bridgehead atoms. The summed E-state index contributed by atoms with van der Waals surface area (Å²) in [5.41, 5.74) is 0. The fraction of sp³-hybridized carbons (Fsp3) is 0.667. The zero-order valence-electron chi connectivity index (χ0n) is 13.5. The van der Waals surface area contributed by atoms with Gasteiger partial charge in [-0.25, -0.2) is 13.2 Å². The topological polar surface area (TPSA) is 113 Å². The maximum absolute atomic E-state index is 11.9. The molecule has 0 radical (unpaired) electrons. The average Bonchev–Trinajstić information content (AvgIpc) is 2.89. The van der Waals surface area contributed by atoms with Crippen LogP contribution in [0.2, 0.25) is 0 Å². The van der Waals surface area contributed by atoms with Gasteiger partial charge in [-0.2, -0.15) is 0 Å². The monoisotopic (exact) mass is 353 g/mol. The average molecular weight is 353 g/mol. The number of nitrogens with one attached hydrogen (secondary N) is 3. The number of anilines is 2. The number of sulfone groups is 1. The smallest absolute Gasteiger partial charge is 0.320 e. The van der Waals surface area contributed by atoms with Gasteiger partial charge in [0.25, 0.3) is 0 Å². The van der Waals surface area contributed by atoms with Crippen LogP contribution in [-0.4, -0.2) is 48.2 Å². The minimum Gasteiger partial charge on any atom is -0.365 e. The molecule has 2 heterocycles. The molecule has 2 amide bonds. The van der Waals surface area contributed by atoms with Gasteiger partial charge in [0, 0.05) is 12.1 Å². The standard InChI is InChI=1S/C15H23N5O3S/c21-15(17-11-4-2-1-3-5-11)18-14-7-6-13(19-20-14)16-12-8-9-24(22,23)10-12/h6-7,11-12H,1-5,8-10H2,(H,16,19)(H2,17,18,20,21). The third-order valence-electron chi connectivity index (χ3n) is 4.43. The van der Waals surface area contributed by atoms with Gasteiger partial charge in [-0.1, -0.05) is 19.3 Å². The van der Waals surface area contributed by atoms with Crippen LogP contribution in [0, 0.1) is 0 Å². The van der Waals surface area contributed by atoms with E-state index in [4.69, 9.17) is 0 Å². The number of hydrogen-bond donors (Lipinski definition) is 3. The van der Waals surface area contributed by atoms with E-state index in [-0.39, 0.29) is 29.6 Å². The van der Waals surface area contributed by atoms with E-state index < -0.39 is 9.84 Å². The molecule has 1 aromatic heterocycles. The predicted octanol–water partition coefficient (Wildman–Crippen LogP) is 1.53. The second-order valence-electron chi connectivity index (χ2n) is 6.48. The van der Waals surface area contributed by atoms with E-state index >= 15 is 0 Å². The molecule has 24 heavy (non-hydrogen) atoms. The Morgan fingerprint density at radius 3 is 2.33 bits per heavy atom. The number of rotatable bonds is 4. The molecular formula is C15H23N5O3S. The number of urea groups is 1. The Kier molecular flexibility index (Phi) is 5.17. The molecule has 1 saturated heterocycles. The van der Waals surface area contributed by atoms with Gasteiger partial charge in [0.1, 0.15) is 5.82 Å². The largest absolute Gasteiger partial charge is 0.365 e. The van der Waals surface area contributed by atoms with Crippen molar-refractivity contribution in [3.63, 3.8) is 0 Å². The third-order valence-corrected chi connectivity index (χ3v) is 6.20. The van der Waals surface area contributed by atoms with Crippen molar-refractivity contribution in [3.05, 3.63) is 12.1 Å². The zero-order valence-corrected chi connectivity index (χ0v) is 14.3. The van der Waals surface area contributed by atoms with Crippen molar-refractivity contribution in [2.24, 2.45) is 0 Å². The highest BCUT2D eigenvalue weighted by atomic mass is 32.2. The van der Waals surface area contributed by atoms with Crippen LogP contribution in [0.3, 0.4) is 0 Å². The molecule has 0 aromatic carbocycles. The van der Waals surface area contributed by atoms with Crippen LogP contribution in [0.1, 0.15) is 38.5 Å². The van der Waals surface area contributed by atoms with E-state index in [9.17, 15) is 13.2 Å². The molecule has 3 rings (SSSR count). The molecule has 1 saturated carbocycles. The van der Waals surface area contributed by atoms with Gasteiger partial charge in [0.05, 0.1) is 11.5 Å². The van der Waals surface area contributed by atoms with Crippen molar-refractivity contribution in [2.75, 3.05) is 22.1 Å². The molecule has 1 unspecified atom stereocenters. The molecule has 1 aliphatic heterocycles. The summed E-state index contributed by atoms with van der Waals surface area (Å²) >= 11 is 0. The number of aromatic nitrogens is 2. The molecule has 3 N–H and O–H groups in total. The van der Waals surface area contributed by atoms with Crippen molar-refractivity contribution in [2.45, 2.75) is 50.6 Å². The molecule has 2 fully saturated rings. The lowest BCUT2D eigenvalue weighted by Gasteiger charge is -2.22. The Hall–Kier alpha value is -1.90. The van der Waals surface area contributed by atoms with Crippen molar-refractivity contribution in [1.29, 1.82) is 0 Å². The molecule has 1 aliphatic carbocycles. The number of amides is 2. The molecule has 1 atom stereocenters. The summed E-state index contributed by atoms with van der Waals surface area (Å²) < 4.78 is 22.9. The molecule has 9 heteroatoms. The van der Waals surface area contributed by atoms with E-state index in [1.54, 1.807) is 12.1 Å². The zero-order chi connectivity index (χ0) is 17.0. The van der Waals surface area contributed by atoms with Gasteiger partial charge < -0.3 is 10.6 Å². The van der Waals surface area contributed by atoms with E-state index in [0.29, 0.717) is 18.1 Å². The highest BCUT2D eigenvalue weighted by Crippen LogP contribution is 2.18.